The van der Waals surface area contributed by atoms with Gasteiger partial charge in [-0.05, 0) is 33.1 Å². The van der Waals surface area contributed by atoms with Gasteiger partial charge in [-0.2, -0.15) is 0 Å². The number of carbonyl (C=O) groups excluding carboxylic acids is 5. The van der Waals surface area contributed by atoms with E-state index in [-0.39, 0.29) is 6.29 Å². The maximum atomic E-state index is 13.0. The molecule has 16 nitrogen and oxygen atoms in total. The van der Waals surface area contributed by atoms with E-state index in [1.54, 1.807) is 0 Å². The molecule has 0 bridgehead atoms. The molecule has 0 fully saturated rings. The maximum absolute atomic E-state index is 13.0. The highest BCUT2D eigenvalue weighted by Crippen LogP contribution is 2.09. The Bertz CT molecular complexity index is 944. The molecule has 0 aliphatic carbocycles. The first-order chi connectivity index (χ1) is 17.9. The number of rotatable bonds is 16. The topological polar surface area (TPSA) is 255 Å². The maximum Gasteiger partial charge on any atom is 0.408 e. The van der Waals surface area contributed by atoms with Gasteiger partial charge in [0.2, 0.25) is 17.7 Å². The van der Waals surface area contributed by atoms with Gasteiger partial charge in [-0.25, -0.2) is 4.79 Å². The zero-order valence-corrected chi connectivity index (χ0v) is 22.3. The molecule has 7 N–H and O–H groups in total. The van der Waals surface area contributed by atoms with Crippen LogP contribution in [0.15, 0.2) is 0 Å². The van der Waals surface area contributed by atoms with Crippen molar-refractivity contribution in [3.05, 3.63) is 0 Å². The number of alkyl carbamates (subject to hydrolysis) is 1. The minimum absolute atomic E-state index is 0.127. The van der Waals surface area contributed by atoms with Crippen molar-refractivity contribution in [2.45, 2.75) is 77.6 Å². The number of hydrogen-bond donors (Lipinski definition) is 7. The fourth-order valence-corrected chi connectivity index (χ4v) is 2.95. The normalized spacial score (nSPS) is 14.1. The molecule has 0 saturated carbocycles. The summed E-state index contributed by atoms with van der Waals surface area (Å²) in [5, 5.41) is 36.0. The van der Waals surface area contributed by atoms with Crippen molar-refractivity contribution in [1.82, 2.24) is 21.3 Å². The Morgan fingerprint density at radius 3 is 1.82 bits per heavy atom. The quantitative estimate of drug-likeness (QED) is 0.0873. The molecule has 0 aromatic heterocycles. The van der Waals surface area contributed by atoms with Crippen LogP contribution in [0.25, 0.3) is 0 Å². The second-order valence-electron chi connectivity index (χ2n) is 9.85. The summed E-state index contributed by atoms with van der Waals surface area (Å²) in [6, 6.07) is -4.54. The van der Waals surface area contributed by atoms with E-state index < -0.39 is 103 Å². The van der Waals surface area contributed by atoms with E-state index in [4.69, 9.17) is 20.1 Å². The van der Waals surface area contributed by atoms with Crippen molar-refractivity contribution in [1.29, 1.82) is 0 Å². The number of nitrogens with one attached hydrogen (secondary N) is 4. The van der Waals surface area contributed by atoms with Gasteiger partial charge in [-0.1, -0.05) is 13.8 Å². The van der Waals surface area contributed by atoms with Crippen LogP contribution >= 0.6 is 0 Å². The summed E-state index contributed by atoms with van der Waals surface area (Å²) in [4.78, 5) is 94.7. The first-order valence-corrected chi connectivity index (χ1v) is 11.9. The van der Waals surface area contributed by atoms with Crippen molar-refractivity contribution in [3.63, 3.8) is 0 Å². The van der Waals surface area contributed by atoms with Gasteiger partial charge in [-0.3, -0.25) is 28.8 Å². The minimum Gasteiger partial charge on any atom is -0.481 e. The Balaban J connectivity index is 5.74. The van der Waals surface area contributed by atoms with E-state index >= 15 is 0 Å². The summed E-state index contributed by atoms with van der Waals surface area (Å²) in [5.41, 5.74) is -0.971. The lowest BCUT2D eigenvalue weighted by atomic mass is 10.0. The third-order valence-electron chi connectivity index (χ3n) is 4.89. The van der Waals surface area contributed by atoms with E-state index in [2.05, 4.69) is 21.3 Å². The summed E-state index contributed by atoms with van der Waals surface area (Å²) in [6.45, 7) is 7.13. The predicted octanol–water partition coefficient (Wildman–Crippen LogP) is -1.14. The van der Waals surface area contributed by atoms with E-state index in [1.807, 2.05) is 0 Å². The Hall–Kier alpha value is -4.24. The number of aliphatic carboxylic acids is 3. The molecule has 0 aromatic carbocycles. The molecule has 0 aliphatic heterocycles. The van der Waals surface area contributed by atoms with Crippen LogP contribution in [0, 0.1) is 11.8 Å². The first kappa shape index (κ1) is 34.8. The molecule has 39 heavy (non-hydrogen) atoms. The van der Waals surface area contributed by atoms with E-state index in [9.17, 15) is 38.4 Å². The van der Waals surface area contributed by atoms with Crippen molar-refractivity contribution < 1.29 is 58.4 Å². The van der Waals surface area contributed by atoms with Gasteiger partial charge in [0.05, 0.1) is 6.42 Å². The number of carboxylic acids is 3. The van der Waals surface area contributed by atoms with E-state index in [0.29, 0.717) is 0 Å². The van der Waals surface area contributed by atoms with Crippen molar-refractivity contribution in [2.24, 2.45) is 11.8 Å². The van der Waals surface area contributed by atoms with Gasteiger partial charge in [0.15, 0.2) is 0 Å². The van der Waals surface area contributed by atoms with Gasteiger partial charge in [0.25, 0.3) is 0 Å². The van der Waals surface area contributed by atoms with Crippen molar-refractivity contribution in [2.75, 3.05) is 6.54 Å². The number of carbonyl (C=O) groups is 8. The smallest absolute Gasteiger partial charge is 0.408 e. The van der Waals surface area contributed by atoms with Crippen LogP contribution in [0.5, 0.6) is 0 Å². The summed E-state index contributed by atoms with van der Waals surface area (Å²) >= 11 is 0. The van der Waals surface area contributed by atoms with Gasteiger partial charge < -0.3 is 46.1 Å². The minimum atomic E-state index is -1.70. The highest BCUT2D eigenvalue weighted by Gasteiger charge is 2.33. The molecule has 0 radical (unpaired) electrons. The van der Waals surface area contributed by atoms with Crippen LogP contribution in [0.4, 0.5) is 4.79 Å². The molecule has 0 saturated heterocycles. The first-order valence-electron chi connectivity index (χ1n) is 11.9. The van der Waals surface area contributed by atoms with E-state index in [0.717, 1.165) is 0 Å². The SMILES string of the molecule is CC(C)[C@H](NC(=O)[C@H](CCC(=O)O)NC(=O)[C@H](CC(=O)O)NC(=O)OC(C)(C)C)C(=O)NCC(C=O)C(=O)O. The predicted molar refractivity (Wildman–Crippen MR) is 131 cm³/mol. The molecule has 4 amide bonds. The van der Waals surface area contributed by atoms with Crippen LogP contribution in [0.1, 0.15) is 53.9 Å². The lowest BCUT2D eigenvalue weighted by Gasteiger charge is -2.27. The van der Waals surface area contributed by atoms with Crippen molar-refractivity contribution in [3.8, 4) is 0 Å². The van der Waals surface area contributed by atoms with Crippen LogP contribution in [0.2, 0.25) is 0 Å². The lowest BCUT2D eigenvalue weighted by Crippen LogP contribution is -2.58. The third kappa shape index (κ3) is 14.3. The molecule has 16 heteroatoms. The highest BCUT2D eigenvalue weighted by atomic mass is 16.6. The number of ether oxygens (including phenoxy) is 1. The largest absolute Gasteiger partial charge is 0.481 e. The van der Waals surface area contributed by atoms with Gasteiger partial charge >= 0.3 is 24.0 Å². The zero-order valence-electron chi connectivity index (χ0n) is 22.3. The van der Waals surface area contributed by atoms with Crippen LogP contribution in [-0.4, -0.2) is 93.6 Å². The molecule has 1 unspecified atom stereocenters. The fourth-order valence-electron chi connectivity index (χ4n) is 2.95. The Morgan fingerprint density at radius 2 is 1.38 bits per heavy atom. The molecular formula is C23H36N4O12. The average molecular weight is 561 g/mol. The lowest BCUT2D eigenvalue weighted by molar-refractivity contribution is -0.144. The van der Waals surface area contributed by atoms with E-state index in [1.165, 1.54) is 34.6 Å². The monoisotopic (exact) mass is 560 g/mol. The van der Waals surface area contributed by atoms with Gasteiger partial charge in [0, 0.05) is 13.0 Å². The summed E-state index contributed by atoms with van der Waals surface area (Å²) < 4.78 is 5.02. The molecule has 0 aliphatic rings. The molecule has 0 rings (SSSR count). The average Bonchev–Trinajstić information content (AvgIpc) is 2.77. The molecule has 4 atom stereocenters. The zero-order chi connectivity index (χ0) is 30.5. The fraction of sp³-hybridized carbons (Fsp3) is 0.652. The van der Waals surface area contributed by atoms with Crippen LogP contribution < -0.4 is 21.3 Å². The summed E-state index contributed by atoms with van der Waals surface area (Å²) in [5.74, 6) is -9.33. The molecule has 0 spiro atoms. The van der Waals surface area contributed by atoms with Crippen molar-refractivity contribution >= 4 is 48.0 Å². The summed E-state index contributed by atoms with van der Waals surface area (Å²) in [6.07, 6.45) is -2.93. The van der Waals surface area contributed by atoms with Gasteiger partial charge in [-0.15, -0.1) is 0 Å². The van der Waals surface area contributed by atoms with Crippen LogP contribution in [0.3, 0.4) is 0 Å². The Kier molecular flexibility index (Phi) is 14.2. The molecule has 0 heterocycles. The Labute approximate surface area is 224 Å². The number of aldehydes is 1. The number of carboxylic acid groups (broad SMARTS) is 3. The second-order valence-corrected chi connectivity index (χ2v) is 9.85. The van der Waals surface area contributed by atoms with Gasteiger partial charge in [0.1, 0.15) is 35.9 Å². The Morgan fingerprint density at radius 1 is 0.821 bits per heavy atom. The molecule has 0 aromatic rings. The number of amides is 4. The molecular weight excluding hydrogens is 524 g/mol. The number of hydrogen-bond acceptors (Lipinski definition) is 9. The summed E-state index contributed by atoms with van der Waals surface area (Å²) in [7, 11) is 0. The highest BCUT2D eigenvalue weighted by molar-refractivity contribution is 5.95. The second kappa shape index (κ2) is 15.9. The molecule has 220 valence electrons. The standard InChI is InChI=1S/C23H36N4O12/c1-11(2)17(20(35)24-9-12(10-28)21(36)37)27-18(33)13(6-7-15(29)30)25-19(34)14(8-16(31)32)26-22(38)39-23(3,4)5/h10-14,17H,6-9H2,1-5H3,(H,24,35)(H,25,34)(H,26,38)(H,27,33)(H,29,30)(H,31,32)(H,36,37)/t12?,13-,14-,17-/m0/s1. The van der Waals surface area contributed by atoms with Crippen LogP contribution in [-0.2, 0) is 38.3 Å². The third-order valence-corrected chi connectivity index (χ3v) is 4.89.